The average Bonchev–Trinajstić information content (AvgIpc) is 2.58. The third-order valence-corrected chi connectivity index (χ3v) is 11.7. The molecule has 0 bridgehead atoms. The van der Waals surface area contributed by atoms with Crippen LogP contribution in [0.4, 0.5) is 0 Å². The summed E-state index contributed by atoms with van der Waals surface area (Å²) in [6, 6.07) is 0. The van der Waals surface area contributed by atoms with Crippen LogP contribution in [0.3, 0.4) is 0 Å². The number of esters is 1. The molecule has 142 valence electrons. The number of carbonyl (C=O) groups excluding carboxylic acids is 1. The minimum atomic E-state index is -4.06. The van der Waals surface area contributed by atoms with Crippen molar-refractivity contribution in [3.05, 3.63) is 0 Å². The Labute approximate surface area is 143 Å². The molecule has 0 radical (unpaired) electrons. The lowest BCUT2D eigenvalue weighted by Gasteiger charge is -2.45. The van der Waals surface area contributed by atoms with Crippen LogP contribution in [0.2, 0.25) is 4.66 Å². The minimum Gasteiger partial charge on any atom is -0.481 e. The van der Waals surface area contributed by atoms with Crippen molar-refractivity contribution in [1.29, 1.82) is 0 Å². The van der Waals surface area contributed by atoms with Crippen LogP contribution in [0.1, 0.15) is 13.3 Å². The van der Waals surface area contributed by atoms with Crippen molar-refractivity contribution in [3.63, 3.8) is 0 Å². The second-order valence-electron chi connectivity index (χ2n) is 4.53. The first kappa shape index (κ1) is 23.1. The van der Waals surface area contributed by atoms with E-state index in [1.165, 1.54) is 42.7 Å². The summed E-state index contributed by atoms with van der Waals surface area (Å²) in [6.45, 7) is 1.67. The molecule has 0 unspecified atom stereocenters. The maximum atomic E-state index is 12.4. The van der Waals surface area contributed by atoms with Crippen LogP contribution in [-0.4, -0.2) is 83.9 Å². The van der Waals surface area contributed by atoms with Crippen LogP contribution >= 0.6 is 0 Å². The summed E-state index contributed by atoms with van der Waals surface area (Å²) in [6.07, 6.45) is -0.667. The molecule has 0 atom stereocenters. The highest BCUT2D eigenvalue weighted by Gasteiger charge is 2.81. The van der Waals surface area contributed by atoms with Crippen LogP contribution in [0.5, 0.6) is 0 Å². The zero-order valence-corrected chi connectivity index (χ0v) is 17.0. The van der Waals surface area contributed by atoms with Crippen molar-refractivity contribution in [2.45, 2.75) is 18.0 Å². The van der Waals surface area contributed by atoms with Gasteiger partial charge >= 0.3 is 29.5 Å². The summed E-state index contributed by atoms with van der Waals surface area (Å²) < 4.78 is 34.9. The number of hydrogen-bond acceptors (Lipinski definition) is 9. The van der Waals surface area contributed by atoms with E-state index in [-0.39, 0.29) is 6.61 Å². The Bertz CT molecular complexity index is 386. The number of rotatable bonds is 12. The van der Waals surface area contributed by atoms with Crippen molar-refractivity contribution in [1.82, 2.24) is 0 Å². The van der Waals surface area contributed by atoms with E-state index in [0.29, 0.717) is 0 Å². The molecule has 0 aliphatic carbocycles. The summed E-state index contributed by atoms with van der Waals surface area (Å²) in [5.41, 5.74) is 0. The van der Waals surface area contributed by atoms with Crippen LogP contribution in [0.15, 0.2) is 0 Å². The first-order valence-electron chi connectivity index (χ1n) is 6.96. The first-order chi connectivity index (χ1) is 11.3. The molecule has 0 heterocycles. The van der Waals surface area contributed by atoms with E-state index in [2.05, 4.69) is 0 Å². The molecular formula is C12H26O10Si2. The second kappa shape index (κ2) is 9.57. The van der Waals surface area contributed by atoms with Crippen LogP contribution in [-0.2, 0) is 40.9 Å². The van der Waals surface area contributed by atoms with Crippen molar-refractivity contribution in [2.75, 3.05) is 49.3 Å². The Kier molecular flexibility index (Phi) is 9.23. The van der Waals surface area contributed by atoms with Gasteiger partial charge in [-0.1, -0.05) is 0 Å². The van der Waals surface area contributed by atoms with Gasteiger partial charge in [-0.25, -0.2) is 0 Å². The largest absolute Gasteiger partial charge is 0.523 e. The van der Waals surface area contributed by atoms with Crippen LogP contribution in [0, 0.1) is 0 Å². The van der Waals surface area contributed by atoms with Gasteiger partial charge in [-0.05, 0) is 6.92 Å². The zero-order valence-electron chi connectivity index (χ0n) is 15.0. The summed E-state index contributed by atoms with van der Waals surface area (Å²) in [5, 5.41) is 10.1. The highest BCUT2D eigenvalue weighted by Crippen LogP contribution is 2.51. The number of ether oxygens (including phenoxy) is 1. The van der Waals surface area contributed by atoms with Crippen molar-refractivity contribution in [2.24, 2.45) is 0 Å². The molecule has 24 heavy (non-hydrogen) atoms. The monoisotopic (exact) mass is 386 g/mol. The molecule has 0 saturated heterocycles. The Hall–Kier alpha value is -0.866. The maximum Gasteiger partial charge on any atom is 0.523 e. The fraction of sp³-hybridized carbons (Fsp3) is 0.833. The predicted octanol–water partition coefficient (Wildman–Crippen LogP) is 0.0600. The van der Waals surface area contributed by atoms with Gasteiger partial charge in [0.05, 0.1) is 13.0 Å². The van der Waals surface area contributed by atoms with E-state index < -0.39 is 40.6 Å². The van der Waals surface area contributed by atoms with E-state index in [1.807, 2.05) is 0 Å². The SMILES string of the molecule is CCOC(=O)CC(C(=O)O)([Si](OC)(OC)OC)[Si](OC)(OC)OC. The lowest BCUT2D eigenvalue weighted by molar-refractivity contribution is -0.152. The molecule has 0 fully saturated rings. The van der Waals surface area contributed by atoms with Gasteiger partial charge in [0.2, 0.25) is 4.66 Å². The molecule has 1 N–H and O–H groups in total. The Morgan fingerprint density at radius 3 is 1.38 bits per heavy atom. The van der Waals surface area contributed by atoms with E-state index in [0.717, 1.165) is 0 Å². The van der Waals surface area contributed by atoms with Gasteiger partial charge in [0.15, 0.2) is 0 Å². The average molecular weight is 387 g/mol. The van der Waals surface area contributed by atoms with E-state index in [9.17, 15) is 14.7 Å². The molecule has 0 amide bonds. The minimum absolute atomic E-state index is 0.0670. The molecule has 0 rings (SSSR count). The van der Waals surface area contributed by atoms with Gasteiger partial charge in [0, 0.05) is 42.7 Å². The second-order valence-corrected chi connectivity index (χ2v) is 11.4. The smallest absolute Gasteiger partial charge is 0.481 e. The Morgan fingerprint density at radius 1 is 0.833 bits per heavy atom. The summed E-state index contributed by atoms with van der Waals surface area (Å²) in [4.78, 5) is 24.6. The maximum absolute atomic E-state index is 12.4. The first-order valence-corrected chi connectivity index (χ1v) is 10.4. The molecule has 0 aromatic rings. The third-order valence-electron chi connectivity index (χ3n) is 3.74. The van der Waals surface area contributed by atoms with Gasteiger partial charge in [-0.15, -0.1) is 0 Å². The fourth-order valence-electron chi connectivity index (χ4n) is 2.72. The summed E-state index contributed by atoms with van der Waals surface area (Å²) >= 11 is 0. The molecule has 0 aromatic carbocycles. The van der Waals surface area contributed by atoms with Gasteiger partial charge in [0.1, 0.15) is 0 Å². The van der Waals surface area contributed by atoms with Crippen molar-refractivity contribution >= 4 is 29.5 Å². The van der Waals surface area contributed by atoms with E-state index in [4.69, 9.17) is 31.3 Å². The number of aliphatic carboxylic acids is 1. The zero-order chi connectivity index (χ0) is 19.0. The van der Waals surface area contributed by atoms with Gasteiger partial charge in [-0.2, -0.15) is 0 Å². The van der Waals surface area contributed by atoms with Gasteiger partial charge < -0.3 is 36.4 Å². The molecule has 0 saturated carbocycles. The van der Waals surface area contributed by atoms with Crippen LogP contribution in [0.25, 0.3) is 0 Å². The third kappa shape index (κ3) is 3.55. The predicted molar refractivity (Wildman–Crippen MR) is 85.1 cm³/mol. The highest BCUT2D eigenvalue weighted by atomic mass is 28.5. The Morgan fingerprint density at radius 2 is 1.17 bits per heavy atom. The molecule has 0 aromatic heterocycles. The number of hydrogen-bond donors (Lipinski definition) is 1. The molecule has 0 aliphatic rings. The summed E-state index contributed by atoms with van der Waals surface area (Å²) in [7, 11) is -0.781. The summed E-state index contributed by atoms with van der Waals surface area (Å²) in [5.74, 6) is -2.27. The molecule has 0 aliphatic heterocycles. The molecular weight excluding hydrogens is 360 g/mol. The molecule has 0 spiro atoms. The van der Waals surface area contributed by atoms with Crippen LogP contribution < -0.4 is 0 Å². The lowest BCUT2D eigenvalue weighted by atomic mass is 10.3. The van der Waals surface area contributed by atoms with Gasteiger partial charge in [-0.3, -0.25) is 9.59 Å². The normalized spacial score (nSPS) is 13.0. The quantitative estimate of drug-likeness (QED) is 0.364. The Balaban J connectivity index is 6.70. The van der Waals surface area contributed by atoms with Crippen molar-refractivity contribution < 1.29 is 46.0 Å². The molecule has 10 nitrogen and oxygen atoms in total. The number of carboxylic acids is 1. The number of carboxylic acid groups (broad SMARTS) is 1. The van der Waals surface area contributed by atoms with Gasteiger partial charge in [0.25, 0.3) is 0 Å². The topological polar surface area (TPSA) is 119 Å². The highest BCUT2D eigenvalue weighted by molar-refractivity contribution is 6.90. The fourth-order valence-corrected chi connectivity index (χ4v) is 10.4. The van der Waals surface area contributed by atoms with E-state index in [1.54, 1.807) is 6.92 Å². The van der Waals surface area contributed by atoms with Crippen molar-refractivity contribution in [3.8, 4) is 0 Å². The number of carbonyl (C=O) groups is 2. The van der Waals surface area contributed by atoms with E-state index >= 15 is 0 Å². The lowest BCUT2D eigenvalue weighted by Crippen LogP contribution is -2.72. The molecule has 12 heteroatoms. The standard InChI is InChI=1S/C12H26O10Si2/c1-8-22-10(13)9-12(11(14)15,23(16-2,17-3)18-4)24(19-5,20-6)21-7/h8-9H2,1-7H3,(H,14,15).